The maximum Gasteiger partial charge on any atom is 0.257 e. The summed E-state index contributed by atoms with van der Waals surface area (Å²) in [6, 6.07) is 22.6. The number of benzene rings is 3. The number of carbonyl (C=O) groups excluding carboxylic acids is 1. The summed E-state index contributed by atoms with van der Waals surface area (Å²) in [6.45, 7) is 0.688. The van der Waals surface area contributed by atoms with E-state index < -0.39 is 15.9 Å². The molecule has 10 heteroatoms. The molecule has 1 amide bonds. The number of hydrogen-bond acceptors (Lipinski definition) is 6. The van der Waals surface area contributed by atoms with Crippen molar-refractivity contribution in [2.45, 2.75) is 43.0 Å². The Morgan fingerprint density at radius 3 is 2.23 bits per heavy atom. The number of nitrogens with zero attached hydrogens (tertiary/aromatic N) is 1. The molecule has 2 N–H and O–H groups in total. The van der Waals surface area contributed by atoms with E-state index in [4.69, 9.17) is 21.7 Å². The molecule has 0 atom stereocenters. The summed E-state index contributed by atoms with van der Waals surface area (Å²) in [6.07, 6.45) is 5.04. The van der Waals surface area contributed by atoms with Crippen molar-refractivity contribution in [2.24, 2.45) is 0 Å². The van der Waals surface area contributed by atoms with E-state index in [0.29, 0.717) is 30.2 Å². The van der Waals surface area contributed by atoms with Gasteiger partial charge in [-0.1, -0.05) is 43.5 Å². The summed E-state index contributed by atoms with van der Waals surface area (Å²) >= 11 is 5.29. The molecule has 0 radical (unpaired) electrons. The number of hydrogen-bond donors (Lipinski definition) is 2. The van der Waals surface area contributed by atoms with Crippen molar-refractivity contribution in [3.8, 4) is 11.5 Å². The molecule has 0 bridgehead atoms. The Hall–Kier alpha value is -3.47. The Labute approximate surface area is 235 Å². The first-order valence-electron chi connectivity index (χ1n) is 12.9. The predicted molar refractivity (Wildman–Crippen MR) is 156 cm³/mol. The van der Waals surface area contributed by atoms with Crippen molar-refractivity contribution in [1.29, 1.82) is 0 Å². The van der Waals surface area contributed by atoms with Gasteiger partial charge in [-0.25, -0.2) is 8.42 Å². The van der Waals surface area contributed by atoms with Gasteiger partial charge in [0.2, 0.25) is 10.0 Å². The molecule has 0 unspecified atom stereocenters. The fourth-order valence-electron chi connectivity index (χ4n) is 4.42. The standard InChI is InChI=1S/C29H33N3O5S2/c1-32(24-10-4-2-5-11-24)39(34,35)27-17-15-23(16-18-27)30-29(38)31-28(33)22-9-8-14-26(21-22)37-20-19-36-25-12-6-3-7-13-25/h3,6-9,12-18,21,24H,2,4-5,10-11,19-20H2,1H3,(H2,30,31,33,38). The number of ether oxygens (including phenoxy) is 2. The molecular weight excluding hydrogens is 534 g/mol. The molecule has 0 aromatic heterocycles. The first-order chi connectivity index (χ1) is 18.8. The van der Waals surface area contributed by atoms with E-state index in [-0.39, 0.29) is 16.0 Å². The molecule has 206 valence electrons. The summed E-state index contributed by atoms with van der Waals surface area (Å²) < 4.78 is 38.9. The molecule has 3 aromatic rings. The Balaban J connectivity index is 1.27. The minimum absolute atomic E-state index is 0.0378. The number of para-hydroxylation sites is 1. The molecule has 4 rings (SSSR count). The second kappa shape index (κ2) is 13.5. The topological polar surface area (TPSA) is 97.0 Å². The van der Waals surface area contributed by atoms with Gasteiger partial charge in [-0.3, -0.25) is 10.1 Å². The van der Waals surface area contributed by atoms with Gasteiger partial charge in [0.05, 0.1) is 4.90 Å². The molecule has 1 aliphatic rings. The fourth-order valence-corrected chi connectivity index (χ4v) is 6.04. The van der Waals surface area contributed by atoms with Crippen LogP contribution in [-0.2, 0) is 10.0 Å². The van der Waals surface area contributed by atoms with Crippen LogP contribution in [0.25, 0.3) is 0 Å². The van der Waals surface area contributed by atoms with E-state index in [1.165, 1.54) is 4.31 Å². The van der Waals surface area contributed by atoms with Gasteiger partial charge in [-0.05, 0) is 79.7 Å². The quantitative estimate of drug-likeness (QED) is 0.256. The zero-order valence-corrected chi connectivity index (χ0v) is 23.5. The maximum atomic E-state index is 13.0. The van der Waals surface area contributed by atoms with Gasteiger partial charge in [-0.15, -0.1) is 0 Å². The molecule has 1 aliphatic carbocycles. The normalized spacial score (nSPS) is 14.0. The van der Waals surface area contributed by atoms with Crippen LogP contribution in [-0.4, -0.2) is 50.0 Å². The largest absolute Gasteiger partial charge is 0.490 e. The second-order valence-electron chi connectivity index (χ2n) is 9.28. The average Bonchev–Trinajstić information content (AvgIpc) is 2.96. The third kappa shape index (κ3) is 8.01. The van der Waals surface area contributed by atoms with Crippen LogP contribution in [0.3, 0.4) is 0 Å². The van der Waals surface area contributed by atoms with Gasteiger partial charge in [0.15, 0.2) is 5.11 Å². The number of amides is 1. The van der Waals surface area contributed by atoms with E-state index in [9.17, 15) is 13.2 Å². The number of sulfonamides is 1. The van der Waals surface area contributed by atoms with Gasteiger partial charge in [0, 0.05) is 24.3 Å². The highest BCUT2D eigenvalue weighted by molar-refractivity contribution is 7.89. The van der Waals surface area contributed by atoms with E-state index in [2.05, 4.69) is 10.6 Å². The number of carbonyl (C=O) groups is 1. The molecule has 1 fully saturated rings. The molecule has 0 saturated heterocycles. The lowest BCUT2D eigenvalue weighted by Gasteiger charge is -2.30. The molecule has 0 aliphatic heterocycles. The number of rotatable bonds is 10. The lowest BCUT2D eigenvalue weighted by Crippen LogP contribution is -2.38. The van der Waals surface area contributed by atoms with Gasteiger partial charge in [0.1, 0.15) is 24.7 Å². The van der Waals surface area contributed by atoms with Gasteiger partial charge < -0.3 is 14.8 Å². The minimum Gasteiger partial charge on any atom is -0.490 e. The highest BCUT2D eigenvalue weighted by Gasteiger charge is 2.28. The second-order valence-corrected chi connectivity index (χ2v) is 11.7. The van der Waals surface area contributed by atoms with Crippen LogP contribution < -0.4 is 20.1 Å². The molecule has 0 heterocycles. The summed E-state index contributed by atoms with van der Waals surface area (Å²) in [5, 5.41) is 5.67. The van der Waals surface area contributed by atoms with Crippen LogP contribution in [0, 0.1) is 0 Å². The van der Waals surface area contributed by atoms with Crippen molar-refractivity contribution in [1.82, 2.24) is 9.62 Å². The van der Waals surface area contributed by atoms with Gasteiger partial charge >= 0.3 is 0 Å². The lowest BCUT2D eigenvalue weighted by atomic mass is 9.96. The summed E-state index contributed by atoms with van der Waals surface area (Å²) in [5.41, 5.74) is 0.947. The molecule has 8 nitrogen and oxygen atoms in total. The molecule has 39 heavy (non-hydrogen) atoms. The van der Waals surface area contributed by atoms with E-state index in [1.807, 2.05) is 30.3 Å². The Morgan fingerprint density at radius 2 is 1.54 bits per heavy atom. The Bertz CT molecular complexity index is 1360. The van der Waals surface area contributed by atoms with Crippen molar-refractivity contribution in [3.63, 3.8) is 0 Å². The smallest absolute Gasteiger partial charge is 0.257 e. The fraction of sp³-hybridized carbons (Fsp3) is 0.310. The average molecular weight is 568 g/mol. The van der Waals surface area contributed by atoms with Crippen LogP contribution in [0.1, 0.15) is 42.5 Å². The van der Waals surface area contributed by atoms with Gasteiger partial charge in [-0.2, -0.15) is 4.31 Å². The van der Waals surface area contributed by atoms with E-state index >= 15 is 0 Å². The van der Waals surface area contributed by atoms with Crippen LogP contribution in [0.15, 0.2) is 83.8 Å². The molecule has 1 saturated carbocycles. The summed E-state index contributed by atoms with van der Waals surface area (Å²) in [4.78, 5) is 12.9. The molecule has 3 aromatic carbocycles. The van der Waals surface area contributed by atoms with Crippen LogP contribution >= 0.6 is 12.2 Å². The number of thiocarbonyl (C=S) groups is 1. The van der Waals surface area contributed by atoms with Crippen LogP contribution in [0.4, 0.5) is 5.69 Å². The van der Waals surface area contributed by atoms with Gasteiger partial charge in [0.25, 0.3) is 5.91 Å². The summed E-state index contributed by atoms with van der Waals surface area (Å²) in [7, 11) is -1.93. The van der Waals surface area contributed by atoms with Crippen molar-refractivity contribution in [2.75, 3.05) is 25.6 Å². The summed E-state index contributed by atoms with van der Waals surface area (Å²) in [5.74, 6) is 0.901. The maximum absolute atomic E-state index is 13.0. The van der Waals surface area contributed by atoms with Crippen LogP contribution in [0.5, 0.6) is 11.5 Å². The zero-order valence-electron chi connectivity index (χ0n) is 21.8. The highest BCUT2D eigenvalue weighted by Crippen LogP contribution is 2.27. The zero-order chi connectivity index (χ0) is 27.7. The third-order valence-corrected chi connectivity index (χ3v) is 8.69. The molecular formula is C29H33N3O5S2. The highest BCUT2D eigenvalue weighted by atomic mass is 32.2. The van der Waals surface area contributed by atoms with E-state index in [1.54, 1.807) is 55.6 Å². The first-order valence-corrected chi connectivity index (χ1v) is 14.8. The first kappa shape index (κ1) is 28.5. The van der Waals surface area contributed by atoms with Crippen molar-refractivity contribution >= 4 is 38.9 Å². The Morgan fingerprint density at radius 1 is 0.897 bits per heavy atom. The van der Waals surface area contributed by atoms with Crippen molar-refractivity contribution < 1.29 is 22.7 Å². The molecule has 0 spiro atoms. The SMILES string of the molecule is CN(C1CCCCC1)S(=O)(=O)c1ccc(NC(=S)NC(=O)c2cccc(OCCOc3ccccc3)c2)cc1. The number of nitrogens with one attached hydrogen (secondary N) is 2. The van der Waals surface area contributed by atoms with E-state index in [0.717, 1.165) is 37.9 Å². The Kier molecular flexibility index (Phi) is 9.91. The van der Waals surface area contributed by atoms with Crippen LogP contribution in [0.2, 0.25) is 0 Å². The number of anilines is 1. The van der Waals surface area contributed by atoms with Crippen molar-refractivity contribution in [3.05, 3.63) is 84.4 Å². The third-order valence-electron chi connectivity index (χ3n) is 6.57. The minimum atomic E-state index is -3.58. The lowest BCUT2D eigenvalue weighted by molar-refractivity contribution is 0.0977. The predicted octanol–water partition coefficient (Wildman–Crippen LogP) is 5.22. The monoisotopic (exact) mass is 567 g/mol.